The van der Waals surface area contributed by atoms with Crippen molar-refractivity contribution in [2.75, 3.05) is 6.54 Å². The minimum Gasteiger partial charge on any atom is -0.265 e. The summed E-state index contributed by atoms with van der Waals surface area (Å²) < 4.78 is 27.6. The lowest BCUT2D eigenvalue weighted by Gasteiger charge is -2.19. The summed E-state index contributed by atoms with van der Waals surface area (Å²) in [6.45, 7) is 6.61. The molecule has 2 aromatic heterocycles. The second-order valence-corrected chi connectivity index (χ2v) is 9.93. The number of sulfonamides is 1. The Morgan fingerprint density at radius 3 is 2.33 bits per heavy atom. The molecular weight excluding hydrogens is 378 g/mol. The largest absolute Gasteiger partial charge is 0.265 e. The van der Waals surface area contributed by atoms with E-state index in [-0.39, 0.29) is 10.3 Å². The van der Waals surface area contributed by atoms with Gasteiger partial charge in [0.05, 0.1) is 10.6 Å². The maximum atomic E-state index is 12.5. The van der Waals surface area contributed by atoms with Gasteiger partial charge in [-0.2, -0.15) is 0 Å². The molecule has 0 saturated heterocycles. The van der Waals surface area contributed by atoms with Crippen LogP contribution < -0.4 is 4.72 Å². The highest BCUT2D eigenvalue weighted by Crippen LogP contribution is 2.24. The second-order valence-electron chi connectivity index (χ2n) is 7.30. The standard InChI is InChI=1S/C20H23N3O2S2/c1-20(2,3)16-4-6-18(7-5-16)27(24,25)22-13-10-17-14-26-19(23-17)15-8-11-21-12-9-15/h4-9,11-12,14,22H,10,13H2,1-3H3. The lowest BCUT2D eigenvalue weighted by Crippen LogP contribution is -2.26. The van der Waals surface area contributed by atoms with Gasteiger partial charge in [0.15, 0.2) is 0 Å². The van der Waals surface area contributed by atoms with Gasteiger partial charge >= 0.3 is 0 Å². The minimum atomic E-state index is -3.52. The van der Waals surface area contributed by atoms with Crippen molar-refractivity contribution < 1.29 is 8.42 Å². The van der Waals surface area contributed by atoms with Crippen LogP contribution in [0.5, 0.6) is 0 Å². The SMILES string of the molecule is CC(C)(C)c1ccc(S(=O)(=O)NCCc2csc(-c3ccncc3)n2)cc1. The van der Waals surface area contributed by atoms with Gasteiger partial charge in [-0.3, -0.25) is 4.98 Å². The molecule has 142 valence electrons. The summed E-state index contributed by atoms with van der Waals surface area (Å²) in [5, 5.41) is 2.87. The molecule has 0 fully saturated rings. The first-order valence-electron chi connectivity index (χ1n) is 8.71. The zero-order valence-electron chi connectivity index (χ0n) is 15.6. The zero-order chi connectivity index (χ0) is 19.5. The number of benzene rings is 1. The van der Waals surface area contributed by atoms with Gasteiger partial charge in [-0.15, -0.1) is 11.3 Å². The Balaban J connectivity index is 1.60. The van der Waals surface area contributed by atoms with Crippen LogP contribution >= 0.6 is 11.3 Å². The Bertz CT molecular complexity index is 990. The molecule has 3 aromatic rings. The highest BCUT2D eigenvalue weighted by Gasteiger charge is 2.17. The van der Waals surface area contributed by atoms with Crippen LogP contribution in [0.15, 0.2) is 59.1 Å². The van der Waals surface area contributed by atoms with Gasteiger partial charge in [0.1, 0.15) is 5.01 Å². The molecule has 0 saturated carbocycles. The lowest BCUT2D eigenvalue weighted by molar-refractivity contribution is 0.578. The zero-order valence-corrected chi connectivity index (χ0v) is 17.3. The third kappa shape index (κ3) is 5.00. The normalized spacial score (nSPS) is 12.3. The molecule has 0 radical (unpaired) electrons. The van der Waals surface area contributed by atoms with Crippen LogP contribution in [0.25, 0.3) is 10.6 Å². The third-order valence-electron chi connectivity index (χ3n) is 4.18. The van der Waals surface area contributed by atoms with Crippen molar-refractivity contribution in [2.45, 2.75) is 37.5 Å². The molecule has 7 heteroatoms. The Labute approximate surface area is 164 Å². The molecule has 0 aliphatic carbocycles. The summed E-state index contributed by atoms with van der Waals surface area (Å²) in [5.41, 5.74) is 2.98. The number of hydrogen-bond donors (Lipinski definition) is 1. The number of nitrogens with zero attached hydrogens (tertiary/aromatic N) is 2. The monoisotopic (exact) mass is 401 g/mol. The number of rotatable bonds is 6. The Hall–Kier alpha value is -2.09. The number of pyridine rings is 1. The Kier molecular flexibility index (Phi) is 5.74. The lowest BCUT2D eigenvalue weighted by atomic mass is 9.87. The number of nitrogens with one attached hydrogen (secondary N) is 1. The average Bonchev–Trinajstić information content (AvgIpc) is 3.11. The second kappa shape index (κ2) is 7.88. The summed E-state index contributed by atoms with van der Waals surface area (Å²) in [7, 11) is -3.52. The highest BCUT2D eigenvalue weighted by molar-refractivity contribution is 7.89. The van der Waals surface area contributed by atoms with Gasteiger partial charge in [-0.25, -0.2) is 18.1 Å². The van der Waals surface area contributed by atoms with Crippen LogP contribution in [0.4, 0.5) is 0 Å². The summed E-state index contributed by atoms with van der Waals surface area (Å²) in [6.07, 6.45) is 4.01. The van der Waals surface area contributed by atoms with Crippen molar-refractivity contribution in [2.24, 2.45) is 0 Å². The minimum absolute atomic E-state index is 0.00708. The van der Waals surface area contributed by atoms with E-state index in [1.807, 2.05) is 29.6 Å². The smallest absolute Gasteiger partial charge is 0.240 e. The summed E-state index contributed by atoms with van der Waals surface area (Å²) in [6, 6.07) is 10.9. The molecule has 5 nitrogen and oxygen atoms in total. The van der Waals surface area contributed by atoms with Crippen molar-refractivity contribution >= 4 is 21.4 Å². The van der Waals surface area contributed by atoms with Gasteiger partial charge < -0.3 is 0 Å². The van der Waals surface area contributed by atoms with Crippen molar-refractivity contribution in [1.82, 2.24) is 14.7 Å². The molecule has 0 spiro atoms. The van der Waals surface area contributed by atoms with Gasteiger partial charge in [0.2, 0.25) is 10.0 Å². The van der Waals surface area contributed by atoms with E-state index in [0.717, 1.165) is 21.8 Å². The van der Waals surface area contributed by atoms with Crippen LogP contribution in [0.3, 0.4) is 0 Å². The van der Waals surface area contributed by atoms with Gasteiger partial charge in [-0.05, 0) is 35.2 Å². The average molecular weight is 402 g/mol. The molecule has 3 rings (SSSR count). The molecule has 1 N–H and O–H groups in total. The molecule has 0 aliphatic heterocycles. The first kappa shape index (κ1) is 19.7. The first-order chi connectivity index (χ1) is 12.8. The predicted molar refractivity (Wildman–Crippen MR) is 109 cm³/mol. The quantitative estimate of drug-likeness (QED) is 0.677. The molecule has 2 heterocycles. The van der Waals surface area contributed by atoms with Gasteiger partial charge in [-0.1, -0.05) is 32.9 Å². The summed E-state index contributed by atoms with van der Waals surface area (Å²) in [4.78, 5) is 8.85. The predicted octanol–water partition coefficient (Wildman–Crippen LogP) is 4.02. The van der Waals surface area contributed by atoms with Crippen LogP contribution in [0.2, 0.25) is 0 Å². The van der Waals surface area contributed by atoms with E-state index in [9.17, 15) is 8.42 Å². The highest BCUT2D eigenvalue weighted by atomic mass is 32.2. The van der Waals surface area contributed by atoms with E-state index >= 15 is 0 Å². The maximum Gasteiger partial charge on any atom is 0.240 e. The molecule has 0 amide bonds. The van der Waals surface area contributed by atoms with Gasteiger partial charge in [0, 0.05) is 36.3 Å². The molecule has 0 atom stereocenters. The fraction of sp³-hybridized carbons (Fsp3) is 0.300. The van der Waals surface area contributed by atoms with Crippen molar-refractivity contribution in [1.29, 1.82) is 0 Å². The van der Waals surface area contributed by atoms with E-state index in [1.54, 1.807) is 35.9 Å². The van der Waals surface area contributed by atoms with E-state index < -0.39 is 10.0 Å². The van der Waals surface area contributed by atoms with Gasteiger partial charge in [0.25, 0.3) is 0 Å². The number of aromatic nitrogens is 2. The maximum absolute atomic E-state index is 12.5. The van der Waals surface area contributed by atoms with Crippen molar-refractivity contribution in [3.8, 4) is 10.6 Å². The fourth-order valence-corrected chi connectivity index (χ4v) is 4.47. The molecule has 0 unspecified atom stereocenters. The van der Waals surface area contributed by atoms with Crippen LogP contribution in [0, 0.1) is 0 Å². The molecule has 1 aromatic carbocycles. The van der Waals surface area contributed by atoms with Crippen LogP contribution in [-0.4, -0.2) is 24.9 Å². The number of thiazole rings is 1. The summed E-state index contributed by atoms with van der Waals surface area (Å²) >= 11 is 1.54. The molecular formula is C20H23N3O2S2. The molecule has 0 bridgehead atoms. The van der Waals surface area contributed by atoms with Crippen molar-refractivity contribution in [3.63, 3.8) is 0 Å². The van der Waals surface area contributed by atoms with E-state index in [2.05, 4.69) is 35.5 Å². The Morgan fingerprint density at radius 2 is 1.70 bits per heavy atom. The fourth-order valence-electron chi connectivity index (χ4n) is 2.58. The Morgan fingerprint density at radius 1 is 1.04 bits per heavy atom. The van der Waals surface area contributed by atoms with Crippen molar-refractivity contribution in [3.05, 3.63) is 65.4 Å². The molecule has 0 aliphatic rings. The third-order valence-corrected chi connectivity index (χ3v) is 6.60. The number of hydrogen-bond acceptors (Lipinski definition) is 5. The topological polar surface area (TPSA) is 72.0 Å². The van der Waals surface area contributed by atoms with Crippen LogP contribution in [-0.2, 0) is 21.9 Å². The summed E-state index contributed by atoms with van der Waals surface area (Å²) in [5.74, 6) is 0. The van der Waals surface area contributed by atoms with E-state index in [4.69, 9.17) is 0 Å². The van der Waals surface area contributed by atoms with Crippen LogP contribution in [0.1, 0.15) is 32.0 Å². The van der Waals surface area contributed by atoms with E-state index in [0.29, 0.717) is 13.0 Å². The molecule has 27 heavy (non-hydrogen) atoms. The van der Waals surface area contributed by atoms with E-state index in [1.165, 1.54) is 0 Å². The first-order valence-corrected chi connectivity index (χ1v) is 11.1.